The molecular formula is C12H26O2. The van der Waals surface area contributed by atoms with Crippen molar-refractivity contribution in [2.75, 3.05) is 20.8 Å². The van der Waals surface area contributed by atoms with Crippen LogP contribution in [0.3, 0.4) is 0 Å². The second-order valence-corrected chi connectivity index (χ2v) is 4.73. The van der Waals surface area contributed by atoms with E-state index < -0.39 is 0 Å². The van der Waals surface area contributed by atoms with Crippen LogP contribution in [0, 0.1) is 17.3 Å². The van der Waals surface area contributed by atoms with Crippen molar-refractivity contribution in [2.24, 2.45) is 17.3 Å². The fourth-order valence-corrected chi connectivity index (χ4v) is 2.53. The second kappa shape index (κ2) is 5.72. The van der Waals surface area contributed by atoms with Gasteiger partial charge in [-0.3, -0.25) is 0 Å². The predicted molar refractivity (Wildman–Crippen MR) is 60.5 cm³/mol. The van der Waals surface area contributed by atoms with Gasteiger partial charge in [0.1, 0.15) is 0 Å². The maximum Gasteiger partial charge on any atom is 0.0626 e. The molecule has 0 spiro atoms. The van der Waals surface area contributed by atoms with Gasteiger partial charge < -0.3 is 9.47 Å². The minimum absolute atomic E-state index is 0.115. The molecule has 14 heavy (non-hydrogen) atoms. The molecule has 2 nitrogen and oxygen atoms in total. The third-order valence-corrected chi connectivity index (χ3v) is 3.65. The third-order valence-electron chi connectivity index (χ3n) is 3.65. The molecule has 0 aliphatic carbocycles. The number of rotatable bonds is 6. The fraction of sp³-hybridized carbons (Fsp3) is 1.00. The molecule has 0 heterocycles. The molecule has 1 atom stereocenters. The van der Waals surface area contributed by atoms with Crippen LogP contribution in [0.1, 0.15) is 34.6 Å². The zero-order valence-electron chi connectivity index (χ0n) is 10.8. The van der Waals surface area contributed by atoms with Gasteiger partial charge in [0.2, 0.25) is 0 Å². The van der Waals surface area contributed by atoms with Gasteiger partial charge >= 0.3 is 0 Å². The molecule has 0 rings (SSSR count). The Morgan fingerprint density at radius 2 is 1.36 bits per heavy atom. The first-order valence-corrected chi connectivity index (χ1v) is 5.45. The van der Waals surface area contributed by atoms with Crippen molar-refractivity contribution in [3.05, 3.63) is 0 Å². The zero-order chi connectivity index (χ0) is 11.4. The van der Waals surface area contributed by atoms with Crippen molar-refractivity contribution < 1.29 is 9.47 Å². The highest BCUT2D eigenvalue weighted by atomic mass is 16.5. The van der Waals surface area contributed by atoms with Crippen LogP contribution in [0.5, 0.6) is 0 Å². The highest BCUT2D eigenvalue weighted by Gasteiger charge is 2.42. The molecule has 0 fully saturated rings. The van der Waals surface area contributed by atoms with Gasteiger partial charge in [-0.25, -0.2) is 0 Å². The molecule has 0 saturated carbocycles. The third kappa shape index (κ3) is 2.48. The van der Waals surface area contributed by atoms with Gasteiger partial charge in [-0.05, 0) is 18.8 Å². The monoisotopic (exact) mass is 202 g/mol. The minimum Gasteiger partial charge on any atom is -0.384 e. The van der Waals surface area contributed by atoms with E-state index in [0.29, 0.717) is 11.8 Å². The summed E-state index contributed by atoms with van der Waals surface area (Å²) in [6.07, 6.45) is 0.224. The van der Waals surface area contributed by atoms with Crippen LogP contribution in [-0.4, -0.2) is 26.9 Å². The summed E-state index contributed by atoms with van der Waals surface area (Å²) in [5, 5.41) is 0. The molecule has 86 valence electrons. The standard InChI is InChI=1S/C12H26O2/c1-9(2)12(8-13-6,10(3)4)11(5)14-7/h9-11H,8H2,1-7H3. The topological polar surface area (TPSA) is 18.5 Å². The van der Waals surface area contributed by atoms with Crippen molar-refractivity contribution in [3.63, 3.8) is 0 Å². The average Bonchev–Trinajstić information content (AvgIpc) is 2.11. The van der Waals surface area contributed by atoms with Crippen molar-refractivity contribution in [2.45, 2.75) is 40.7 Å². The lowest BCUT2D eigenvalue weighted by Gasteiger charge is -2.44. The van der Waals surface area contributed by atoms with Crippen molar-refractivity contribution in [1.82, 2.24) is 0 Å². The number of methoxy groups -OCH3 is 2. The molecule has 1 unspecified atom stereocenters. The van der Waals surface area contributed by atoms with Crippen molar-refractivity contribution in [3.8, 4) is 0 Å². The van der Waals surface area contributed by atoms with Gasteiger partial charge in [0, 0.05) is 19.6 Å². The molecule has 0 amide bonds. The molecule has 0 radical (unpaired) electrons. The maximum atomic E-state index is 5.51. The number of ether oxygens (including phenoxy) is 2. The van der Waals surface area contributed by atoms with Gasteiger partial charge in [0.05, 0.1) is 12.7 Å². The van der Waals surface area contributed by atoms with E-state index in [1.165, 1.54) is 0 Å². The van der Waals surface area contributed by atoms with E-state index in [2.05, 4.69) is 34.6 Å². The fourth-order valence-electron chi connectivity index (χ4n) is 2.53. The molecule has 0 aromatic rings. The molecule has 0 bridgehead atoms. The average molecular weight is 202 g/mol. The normalized spacial score (nSPS) is 15.2. The van der Waals surface area contributed by atoms with E-state index in [-0.39, 0.29) is 11.5 Å². The van der Waals surface area contributed by atoms with Gasteiger partial charge in [0.25, 0.3) is 0 Å². The number of hydrogen-bond donors (Lipinski definition) is 0. The summed E-state index contributed by atoms with van der Waals surface area (Å²) in [4.78, 5) is 0. The minimum atomic E-state index is 0.115. The first kappa shape index (κ1) is 13.9. The molecule has 0 saturated heterocycles. The zero-order valence-corrected chi connectivity index (χ0v) is 10.8. The van der Waals surface area contributed by atoms with Gasteiger partial charge in [-0.2, -0.15) is 0 Å². The van der Waals surface area contributed by atoms with Crippen LogP contribution in [0.15, 0.2) is 0 Å². The molecule has 0 aromatic carbocycles. The molecule has 0 aliphatic heterocycles. The highest BCUT2D eigenvalue weighted by molar-refractivity contribution is 4.90. The Kier molecular flexibility index (Phi) is 5.68. The Bertz CT molecular complexity index is 144. The highest BCUT2D eigenvalue weighted by Crippen LogP contribution is 2.40. The predicted octanol–water partition coefficient (Wildman–Crippen LogP) is 2.97. The second-order valence-electron chi connectivity index (χ2n) is 4.73. The van der Waals surface area contributed by atoms with E-state index in [9.17, 15) is 0 Å². The summed E-state index contributed by atoms with van der Waals surface area (Å²) in [7, 11) is 3.54. The summed E-state index contributed by atoms with van der Waals surface area (Å²) in [5.41, 5.74) is 0.115. The Labute approximate surface area is 89.0 Å². The smallest absolute Gasteiger partial charge is 0.0626 e. The van der Waals surface area contributed by atoms with Gasteiger partial charge in [-0.15, -0.1) is 0 Å². The van der Waals surface area contributed by atoms with E-state index in [0.717, 1.165) is 6.61 Å². The molecule has 0 aromatic heterocycles. The Morgan fingerprint density at radius 3 is 1.57 bits per heavy atom. The first-order valence-electron chi connectivity index (χ1n) is 5.45. The summed E-state index contributed by atoms with van der Waals surface area (Å²) in [6, 6.07) is 0. The molecule has 0 N–H and O–H groups in total. The maximum absolute atomic E-state index is 5.51. The Morgan fingerprint density at radius 1 is 0.929 bits per heavy atom. The van der Waals surface area contributed by atoms with Gasteiger partial charge in [0.15, 0.2) is 0 Å². The lowest BCUT2D eigenvalue weighted by molar-refractivity contribution is -0.0999. The van der Waals surface area contributed by atoms with Crippen molar-refractivity contribution >= 4 is 0 Å². The summed E-state index contributed by atoms with van der Waals surface area (Å²) >= 11 is 0. The summed E-state index contributed by atoms with van der Waals surface area (Å²) in [6.45, 7) is 11.9. The van der Waals surface area contributed by atoms with Gasteiger partial charge in [-0.1, -0.05) is 27.7 Å². The van der Waals surface area contributed by atoms with E-state index in [1.54, 1.807) is 14.2 Å². The molecule has 2 heteroatoms. The SMILES string of the molecule is COCC(C(C)C)(C(C)C)C(C)OC. The quantitative estimate of drug-likeness (QED) is 0.659. The Hall–Kier alpha value is -0.0800. The molecular weight excluding hydrogens is 176 g/mol. The van der Waals surface area contributed by atoms with Crippen LogP contribution in [-0.2, 0) is 9.47 Å². The Balaban J connectivity index is 4.93. The van der Waals surface area contributed by atoms with E-state index in [4.69, 9.17) is 9.47 Å². The van der Waals surface area contributed by atoms with Crippen molar-refractivity contribution in [1.29, 1.82) is 0 Å². The largest absolute Gasteiger partial charge is 0.384 e. The van der Waals surface area contributed by atoms with Crippen LogP contribution in [0.25, 0.3) is 0 Å². The van der Waals surface area contributed by atoms with Crippen LogP contribution in [0.2, 0.25) is 0 Å². The number of hydrogen-bond acceptors (Lipinski definition) is 2. The lowest BCUT2D eigenvalue weighted by Crippen LogP contribution is -2.47. The summed E-state index contributed by atoms with van der Waals surface area (Å²) < 4.78 is 10.9. The summed E-state index contributed by atoms with van der Waals surface area (Å²) in [5.74, 6) is 1.11. The van der Waals surface area contributed by atoms with E-state index >= 15 is 0 Å². The van der Waals surface area contributed by atoms with E-state index in [1.807, 2.05) is 0 Å². The van der Waals surface area contributed by atoms with Crippen LogP contribution < -0.4 is 0 Å². The van der Waals surface area contributed by atoms with Crippen LogP contribution >= 0.6 is 0 Å². The molecule has 0 aliphatic rings. The van der Waals surface area contributed by atoms with Crippen LogP contribution in [0.4, 0.5) is 0 Å². The first-order chi connectivity index (χ1) is 6.43. The lowest BCUT2D eigenvalue weighted by atomic mass is 9.66.